The molecular formula is C12H10N4O2. The van der Waals surface area contributed by atoms with E-state index < -0.39 is 5.97 Å². The number of esters is 1. The van der Waals surface area contributed by atoms with E-state index in [-0.39, 0.29) is 0 Å². The van der Waals surface area contributed by atoms with Gasteiger partial charge in [-0.05, 0) is 34.4 Å². The zero-order chi connectivity index (χ0) is 13.0. The molecule has 18 heavy (non-hydrogen) atoms. The van der Waals surface area contributed by atoms with E-state index in [0.29, 0.717) is 5.82 Å². The van der Waals surface area contributed by atoms with Crippen molar-refractivity contribution in [2.24, 2.45) is 5.11 Å². The molecule has 0 bridgehead atoms. The van der Waals surface area contributed by atoms with E-state index in [4.69, 9.17) is 5.53 Å². The van der Waals surface area contributed by atoms with Crippen LogP contribution in [-0.2, 0) is 9.53 Å². The lowest BCUT2D eigenvalue weighted by Gasteiger charge is -1.96. The number of carbonyl (C=O) groups excluding carboxylic acids is 1. The van der Waals surface area contributed by atoms with Gasteiger partial charge in [0.05, 0.1) is 7.11 Å². The maximum atomic E-state index is 11.0. The minimum atomic E-state index is -0.419. The molecule has 2 aromatic rings. The van der Waals surface area contributed by atoms with Crippen LogP contribution in [0, 0.1) is 0 Å². The van der Waals surface area contributed by atoms with Crippen LogP contribution in [0.3, 0.4) is 0 Å². The topological polar surface area (TPSA) is 90.9 Å². The summed E-state index contributed by atoms with van der Waals surface area (Å²) in [5.41, 5.74) is 10.1. The molecule has 1 heterocycles. The monoisotopic (exact) mass is 242 g/mol. The summed E-state index contributed by atoms with van der Waals surface area (Å²) in [5.74, 6) is 0.0178. The van der Waals surface area contributed by atoms with Gasteiger partial charge in [-0.2, -0.15) is 0 Å². The van der Waals surface area contributed by atoms with Crippen molar-refractivity contribution >= 4 is 28.8 Å². The van der Waals surface area contributed by atoms with Gasteiger partial charge in [0.2, 0.25) is 0 Å². The number of fused-ring (bicyclic) bond motifs is 1. The Bertz CT molecular complexity index is 666. The normalized spacial score (nSPS) is 10.5. The zero-order valence-corrected chi connectivity index (χ0v) is 9.62. The van der Waals surface area contributed by atoms with E-state index in [0.717, 1.165) is 16.5 Å². The van der Waals surface area contributed by atoms with Crippen molar-refractivity contribution in [1.82, 2.24) is 4.98 Å². The molecule has 0 aliphatic carbocycles. The number of nitrogens with zero attached hydrogens (tertiary/aromatic N) is 3. The molecule has 90 valence electrons. The fourth-order valence-electron chi connectivity index (χ4n) is 1.64. The van der Waals surface area contributed by atoms with Crippen LogP contribution >= 0.6 is 0 Å². The molecule has 0 saturated heterocycles. The minimum absolute atomic E-state index is 0.419. The molecule has 1 aromatic carbocycles. The Morgan fingerprint density at radius 1 is 1.56 bits per heavy atom. The maximum absolute atomic E-state index is 11.0. The number of aromatic nitrogens is 1. The Morgan fingerprint density at radius 3 is 3.11 bits per heavy atom. The molecule has 0 fully saturated rings. The number of hydrogen-bond acceptors (Lipinski definition) is 3. The minimum Gasteiger partial charge on any atom is -0.466 e. The second-order valence-electron chi connectivity index (χ2n) is 3.51. The molecule has 0 amide bonds. The van der Waals surface area contributed by atoms with Gasteiger partial charge in [-0.1, -0.05) is 12.1 Å². The second-order valence-corrected chi connectivity index (χ2v) is 3.51. The first-order chi connectivity index (χ1) is 8.74. The van der Waals surface area contributed by atoms with Crippen molar-refractivity contribution in [1.29, 1.82) is 0 Å². The third-order valence-corrected chi connectivity index (χ3v) is 2.44. The quantitative estimate of drug-likeness (QED) is 0.294. The molecule has 6 heteroatoms. The number of carbonyl (C=O) groups is 1. The highest BCUT2D eigenvalue weighted by Gasteiger charge is 2.02. The van der Waals surface area contributed by atoms with E-state index in [9.17, 15) is 4.79 Å². The van der Waals surface area contributed by atoms with E-state index in [1.807, 2.05) is 18.2 Å². The van der Waals surface area contributed by atoms with Crippen LogP contribution in [-0.4, -0.2) is 18.1 Å². The van der Waals surface area contributed by atoms with Gasteiger partial charge in [-0.15, -0.1) is 0 Å². The molecule has 0 aliphatic rings. The lowest BCUT2D eigenvalue weighted by atomic mass is 10.1. The number of benzene rings is 1. The first kappa shape index (κ1) is 11.8. The Kier molecular flexibility index (Phi) is 3.31. The van der Waals surface area contributed by atoms with Crippen LogP contribution in [0.2, 0.25) is 0 Å². The molecular weight excluding hydrogens is 232 g/mol. The van der Waals surface area contributed by atoms with E-state index in [1.54, 1.807) is 12.1 Å². The van der Waals surface area contributed by atoms with Crippen LogP contribution < -0.4 is 0 Å². The predicted octanol–water partition coefficient (Wildman–Crippen LogP) is 3.30. The Balaban J connectivity index is 2.47. The molecule has 1 aromatic heterocycles. The van der Waals surface area contributed by atoms with Gasteiger partial charge in [0.25, 0.3) is 0 Å². The van der Waals surface area contributed by atoms with Crippen LogP contribution in [0.25, 0.3) is 27.4 Å². The van der Waals surface area contributed by atoms with Crippen LogP contribution in [0.5, 0.6) is 0 Å². The lowest BCUT2D eigenvalue weighted by molar-refractivity contribution is -0.134. The summed E-state index contributed by atoms with van der Waals surface area (Å²) < 4.78 is 4.53. The van der Waals surface area contributed by atoms with Crippen LogP contribution in [0.1, 0.15) is 5.56 Å². The first-order valence-corrected chi connectivity index (χ1v) is 5.17. The highest BCUT2D eigenvalue weighted by molar-refractivity contribution is 5.95. The summed E-state index contributed by atoms with van der Waals surface area (Å²) >= 11 is 0. The Morgan fingerprint density at radius 2 is 2.39 bits per heavy atom. The number of methoxy groups -OCH3 is 1. The first-order valence-electron chi connectivity index (χ1n) is 5.17. The van der Waals surface area contributed by atoms with Gasteiger partial charge < -0.3 is 9.72 Å². The molecule has 2 rings (SSSR count). The van der Waals surface area contributed by atoms with E-state index in [2.05, 4.69) is 19.7 Å². The Labute approximate surface area is 103 Å². The molecule has 0 aliphatic heterocycles. The van der Waals surface area contributed by atoms with E-state index >= 15 is 0 Å². The molecule has 6 nitrogen and oxygen atoms in total. The van der Waals surface area contributed by atoms with Crippen molar-refractivity contribution < 1.29 is 9.53 Å². The van der Waals surface area contributed by atoms with Gasteiger partial charge in [0.1, 0.15) is 5.82 Å². The number of hydrogen-bond donors (Lipinski definition) is 1. The van der Waals surface area contributed by atoms with Gasteiger partial charge in [0, 0.05) is 21.9 Å². The largest absolute Gasteiger partial charge is 0.466 e. The SMILES string of the molecule is COC(=O)C=Cc1cccc2[nH]c(N=[N+]=[N-])cc12. The number of azide groups is 1. The van der Waals surface area contributed by atoms with Gasteiger partial charge >= 0.3 is 5.97 Å². The fraction of sp³-hybridized carbons (Fsp3) is 0.0833. The van der Waals surface area contributed by atoms with Gasteiger partial charge in [-0.3, -0.25) is 0 Å². The van der Waals surface area contributed by atoms with Gasteiger partial charge in [0.15, 0.2) is 0 Å². The highest BCUT2D eigenvalue weighted by atomic mass is 16.5. The summed E-state index contributed by atoms with van der Waals surface area (Å²) in [4.78, 5) is 16.7. The zero-order valence-electron chi connectivity index (χ0n) is 9.62. The Hall–Kier alpha value is -2.72. The maximum Gasteiger partial charge on any atom is 0.330 e. The van der Waals surface area contributed by atoms with Crippen molar-refractivity contribution in [2.45, 2.75) is 0 Å². The fourth-order valence-corrected chi connectivity index (χ4v) is 1.64. The summed E-state index contributed by atoms with van der Waals surface area (Å²) in [6.45, 7) is 0. The summed E-state index contributed by atoms with van der Waals surface area (Å²) in [6.07, 6.45) is 3.00. The van der Waals surface area contributed by atoms with Gasteiger partial charge in [-0.25, -0.2) is 4.79 Å². The number of aromatic amines is 1. The number of H-pyrrole nitrogens is 1. The average Bonchev–Trinajstić information content (AvgIpc) is 2.79. The molecule has 0 spiro atoms. The molecule has 1 N–H and O–H groups in total. The number of nitrogens with one attached hydrogen (secondary N) is 1. The molecule has 0 radical (unpaired) electrons. The number of ether oxygens (including phenoxy) is 1. The molecule has 0 atom stereocenters. The standard InChI is InChI=1S/C12H10N4O2/c1-18-12(17)6-5-8-3-2-4-10-9(8)7-11(14-10)15-16-13/h2-7,14H,1H3. The third-order valence-electron chi connectivity index (χ3n) is 2.44. The van der Waals surface area contributed by atoms with Crippen molar-refractivity contribution in [3.05, 3.63) is 46.3 Å². The lowest BCUT2D eigenvalue weighted by Crippen LogP contribution is -1.93. The third kappa shape index (κ3) is 2.34. The summed E-state index contributed by atoms with van der Waals surface area (Å²) in [7, 11) is 1.32. The number of rotatable bonds is 3. The second kappa shape index (κ2) is 5.07. The average molecular weight is 242 g/mol. The smallest absolute Gasteiger partial charge is 0.330 e. The van der Waals surface area contributed by atoms with Crippen molar-refractivity contribution in [2.75, 3.05) is 7.11 Å². The summed E-state index contributed by atoms with van der Waals surface area (Å²) in [5, 5.41) is 4.38. The van der Waals surface area contributed by atoms with Crippen molar-refractivity contribution in [3.8, 4) is 0 Å². The van der Waals surface area contributed by atoms with Crippen molar-refractivity contribution in [3.63, 3.8) is 0 Å². The summed E-state index contributed by atoms with van der Waals surface area (Å²) in [6, 6.07) is 7.29. The van der Waals surface area contributed by atoms with Crippen LogP contribution in [0.4, 0.5) is 5.82 Å². The molecule has 0 saturated carbocycles. The molecule has 0 unspecified atom stereocenters. The van der Waals surface area contributed by atoms with E-state index in [1.165, 1.54) is 13.2 Å². The highest BCUT2D eigenvalue weighted by Crippen LogP contribution is 2.25. The van der Waals surface area contributed by atoms with Crippen LogP contribution in [0.15, 0.2) is 35.5 Å². The predicted molar refractivity (Wildman–Crippen MR) is 68.2 cm³/mol.